The number of carbonyl (C=O) groups excluding carboxylic acids is 1. The van der Waals surface area contributed by atoms with Crippen molar-refractivity contribution in [3.8, 4) is 17.1 Å². The molecule has 0 aliphatic carbocycles. The normalized spacial score (nSPS) is 11.5. The molecule has 0 bridgehead atoms. The van der Waals surface area contributed by atoms with E-state index in [-0.39, 0.29) is 23.5 Å². The van der Waals surface area contributed by atoms with Crippen LogP contribution in [0.15, 0.2) is 36.7 Å². The average molecular weight is 486 g/mol. The molecule has 34 heavy (non-hydrogen) atoms. The van der Waals surface area contributed by atoms with E-state index in [9.17, 15) is 35.5 Å². The Morgan fingerprint density at radius 1 is 0.882 bits per heavy atom. The largest absolute Gasteiger partial charge is 0.423 e. The van der Waals surface area contributed by atoms with Gasteiger partial charge in [0.15, 0.2) is 5.82 Å². The van der Waals surface area contributed by atoms with Crippen LogP contribution < -0.4 is 4.74 Å². The molecule has 0 spiro atoms. The molecule has 0 radical (unpaired) electrons. The van der Waals surface area contributed by atoms with E-state index in [1.54, 1.807) is 0 Å². The van der Waals surface area contributed by atoms with Gasteiger partial charge in [0, 0.05) is 30.1 Å². The number of benzene rings is 2. The van der Waals surface area contributed by atoms with Gasteiger partial charge in [0.05, 0.1) is 0 Å². The fraction of sp³-hybridized carbons (Fsp3) is 0.261. The van der Waals surface area contributed by atoms with E-state index in [4.69, 9.17) is 0 Å². The summed E-state index contributed by atoms with van der Waals surface area (Å²) in [7, 11) is 0. The standard InChI is InChI=1S/C23H17F7N2O2/c1-2-3-4-5-12-10-31-21(32-11-12)13-6-15(24)19(16(25)7-13)22(33)34-14-8-17(26)20(18(27)9-14)23(28,29)30/h6-11H,2-5H2,1H3. The van der Waals surface area contributed by atoms with Crippen molar-refractivity contribution >= 4 is 5.97 Å². The number of hydrogen-bond donors (Lipinski definition) is 0. The van der Waals surface area contributed by atoms with Crippen LogP contribution in [0.3, 0.4) is 0 Å². The van der Waals surface area contributed by atoms with Gasteiger partial charge in [-0.1, -0.05) is 19.8 Å². The van der Waals surface area contributed by atoms with Gasteiger partial charge in [-0.3, -0.25) is 0 Å². The summed E-state index contributed by atoms with van der Waals surface area (Å²) >= 11 is 0. The summed E-state index contributed by atoms with van der Waals surface area (Å²) in [5, 5.41) is 0. The van der Waals surface area contributed by atoms with Crippen molar-refractivity contribution in [1.82, 2.24) is 9.97 Å². The molecule has 180 valence electrons. The third-order valence-electron chi connectivity index (χ3n) is 4.79. The Bertz CT molecular complexity index is 1150. The number of alkyl halides is 3. The Hall–Kier alpha value is -3.50. The minimum atomic E-state index is -5.33. The summed E-state index contributed by atoms with van der Waals surface area (Å²) < 4.78 is 98.8. The first kappa shape index (κ1) is 25.1. The fourth-order valence-corrected chi connectivity index (χ4v) is 3.15. The highest BCUT2D eigenvalue weighted by Crippen LogP contribution is 2.35. The van der Waals surface area contributed by atoms with Crippen LogP contribution in [-0.2, 0) is 12.6 Å². The minimum Gasteiger partial charge on any atom is -0.423 e. The van der Waals surface area contributed by atoms with Crippen molar-refractivity contribution in [3.05, 3.63) is 76.6 Å². The van der Waals surface area contributed by atoms with Crippen LogP contribution in [0.4, 0.5) is 30.7 Å². The van der Waals surface area contributed by atoms with E-state index in [1.807, 2.05) is 0 Å². The predicted molar refractivity (Wildman–Crippen MR) is 107 cm³/mol. The summed E-state index contributed by atoms with van der Waals surface area (Å²) in [6.45, 7) is 2.06. The summed E-state index contributed by atoms with van der Waals surface area (Å²) in [6.07, 6.45) is 1.45. The molecule has 0 saturated carbocycles. The second-order valence-electron chi connectivity index (χ2n) is 7.34. The number of hydrogen-bond acceptors (Lipinski definition) is 4. The lowest BCUT2D eigenvalue weighted by molar-refractivity contribution is -0.142. The molecule has 3 aromatic rings. The van der Waals surface area contributed by atoms with Gasteiger partial charge in [0.25, 0.3) is 0 Å². The second kappa shape index (κ2) is 10.2. The van der Waals surface area contributed by atoms with Crippen molar-refractivity contribution in [3.63, 3.8) is 0 Å². The van der Waals surface area contributed by atoms with Crippen molar-refractivity contribution < 1.29 is 40.3 Å². The van der Waals surface area contributed by atoms with E-state index in [0.29, 0.717) is 0 Å². The first-order valence-corrected chi connectivity index (χ1v) is 10.1. The lowest BCUT2D eigenvalue weighted by atomic mass is 10.1. The van der Waals surface area contributed by atoms with Gasteiger partial charge in [-0.2, -0.15) is 13.2 Å². The average Bonchev–Trinajstić information content (AvgIpc) is 2.72. The molecule has 0 atom stereocenters. The molecule has 0 unspecified atom stereocenters. The third kappa shape index (κ3) is 5.70. The van der Waals surface area contributed by atoms with Crippen LogP contribution in [0.25, 0.3) is 11.4 Å². The zero-order chi connectivity index (χ0) is 25.0. The lowest BCUT2D eigenvalue weighted by Gasteiger charge is -2.12. The zero-order valence-electron chi connectivity index (χ0n) is 17.6. The van der Waals surface area contributed by atoms with Crippen LogP contribution >= 0.6 is 0 Å². The molecular formula is C23H17F7N2O2. The Labute approximate surface area is 189 Å². The number of unbranched alkanes of at least 4 members (excludes halogenated alkanes) is 2. The molecule has 0 N–H and O–H groups in total. The first-order chi connectivity index (χ1) is 16.0. The summed E-state index contributed by atoms with van der Waals surface area (Å²) in [5.74, 6) is -9.59. The minimum absolute atomic E-state index is 0.0103. The lowest BCUT2D eigenvalue weighted by Crippen LogP contribution is -2.15. The van der Waals surface area contributed by atoms with Gasteiger partial charge in [-0.25, -0.2) is 32.3 Å². The molecule has 2 aromatic carbocycles. The van der Waals surface area contributed by atoms with Gasteiger partial charge in [0.2, 0.25) is 0 Å². The highest BCUT2D eigenvalue weighted by Gasteiger charge is 2.38. The number of esters is 1. The molecule has 1 heterocycles. The number of halogens is 7. The summed E-state index contributed by atoms with van der Waals surface area (Å²) in [5.41, 5.74) is -2.64. The third-order valence-corrected chi connectivity index (χ3v) is 4.79. The molecule has 1 aromatic heterocycles. The molecule has 3 rings (SSSR count). The Balaban J connectivity index is 1.82. The SMILES string of the molecule is CCCCCc1cnc(-c2cc(F)c(C(=O)Oc3cc(F)c(C(F)(F)F)c(F)c3)c(F)c2)nc1. The predicted octanol–water partition coefficient (Wildman–Crippen LogP) is 6.67. The molecule has 0 fully saturated rings. The Morgan fingerprint density at radius 2 is 1.44 bits per heavy atom. The number of aromatic nitrogens is 2. The summed E-state index contributed by atoms with van der Waals surface area (Å²) in [4.78, 5) is 20.3. The van der Waals surface area contributed by atoms with Crippen molar-refractivity contribution in [2.45, 2.75) is 38.8 Å². The van der Waals surface area contributed by atoms with Gasteiger partial charge in [0.1, 0.15) is 40.1 Å². The molecule has 0 amide bonds. The van der Waals surface area contributed by atoms with Crippen molar-refractivity contribution in [2.24, 2.45) is 0 Å². The van der Waals surface area contributed by atoms with Crippen molar-refractivity contribution in [1.29, 1.82) is 0 Å². The fourth-order valence-electron chi connectivity index (χ4n) is 3.15. The van der Waals surface area contributed by atoms with Crippen molar-refractivity contribution in [2.75, 3.05) is 0 Å². The van der Waals surface area contributed by atoms with Crippen LogP contribution in [0.2, 0.25) is 0 Å². The number of nitrogens with zero attached hydrogens (tertiary/aromatic N) is 2. The number of aryl methyl sites for hydroxylation is 1. The molecule has 0 saturated heterocycles. The zero-order valence-corrected chi connectivity index (χ0v) is 17.6. The maximum absolute atomic E-state index is 14.5. The van der Waals surface area contributed by atoms with Crippen LogP contribution in [0.1, 0.15) is 47.7 Å². The Kier molecular flexibility index (Phi) is 7.53. The molecule has 11 heteroatoms. The van der Waals surface area contributed by atoms with E-state index < -0.39 is 52.3 Å². The van der Waals surface area contributed by atoms with E-state index in [1.165, 1.54) is 12.4 Å². The van der Waals surface area contributed by atoms with Gasteiger partial charge in [-0.05, 0) is 30.5 Å². The maximum atomic E-state index is 14.5. The monoisotopic (exact) mass is 486 g/mol. The summed E-state index contributed by atoms with van der Waals surface area (Å²) in [6, 6.07) is 1.70. The topological polar surface area (TPSA) is 52.1 Å². The highest BCUT2D eigenvalue weighted by atomic mass is 19.4. The van der Waals surface area contributed by atoms with Gasteiger partial charge >= 0.3 is 12.1 Å². The quantitative estimate of drug-likeness (QED) is 0.162. The van der Waals surface area contributed by atoms with Gasteiger partial charge in [-0.15, -0.1) is 0 Å². The van der Waals surface area contributed by atoms with E-state index in [2.05, 4.69) is 21.6 Å². The van der Waals surface area contributed by atoms with E-state index in [0.717, 1.165) is 43.4 Å². The van der Waals surface area contributed by atoms with Crippen LogP contribution in [0, 0.1) is 23.3 Å². The second-order valence-corrected chi connectivity index (χ2v) is 7.34. The molecule has 0 aliphatic rings. The number of carbonyl (C=O) groups is 1. The smallest absolute Gasteiger partial charge is 0.422 e. The van der Waals surface area contributed by atoms with Gasteiger partial charge < -0.3 is 4.74 Å². The number of rotatable bonds is 7. The molecule has 4 nitrogen and oxygen atoms in total. The van der Waals surface area contributed by atoms with E-state index >= 15 is 0 Å². The Morgan fingerprint density at radius 3 is 1.94 bits per heavy atom. The highest BCUT2D eigenvalue weighted by molar-refractivity contribution is 5.92. The van der Waals surface area contributed by atoms with Crippen LogP contribution in [-0.4, -0.2) is 15.9 Å². The first-order valence-electron chi connectivity index (χ1n) is 10.1. The molecule has 0 aliphatic heterocycles. The van der Waals surface area contributed by atoms with Crippen LogP contribution in [0.5, 0.6) is 5.75 Å². The number of ether oxygens (including phenoxy) is 1. The molecular weight excluding hydrogens is 469 g/mol. The maximum Gasteiger partial charge on any atom is 0.422 e.